The molecule has 0 bridgehead atoms. The average Bonchev–Trinajstić information content (AvgIpc) is 2.13. The lowest BCUT2D eigenvalue weighted by Gasteiger charge is -1.91. The molecule has 80 valence electrons. The second kappa shape index (κ2) is 9.81. The first kappa shape index (κ1) is 15.2. The fourth-order valence-corrected chi connectivity index (χ4v) is 0.464. The van der Waals surface area contributed by atoms with Gasteiger partial charge in [-0.2, -0.15) is 0 Å². The van der Waals surface area contributed by atoms with E-state index in [9.17, 15) is 0 Å². The quantitative estimate of drug-likeness (QED) is 0.228. The van der Waals surface area contributed by atoms with Gasteiger partial charge in [-0.15, -0.1) is 0 Å². The molecule has 7 N–H and O–H groups in total. The molecule has 0 unspecified atom stereocenters. The van der Waals surface area contributed by atoms with Gasteiger partial charge in [0.05, 0.1) is 0 Å². The average molecular weight is 203 g/mol. The van der Waals surface area contributed by atoms with Crippen LogP contribution in [0.25, 0.3) is 0 Å². The van der Waals surface area contributed by atoms with E-state index in [1.165, 1.54) is 19.2 Å². The van der Waals surface area contributed by atoms with Crippen LogP contribution in [0.3, 0.4) is 0 Å². The predicted octanol–water partition coefficient (Wildman–Crippen LogP) is -1.38. The summed E-state index contributed by atoms with van der Waals surface area (Å²) in [6.07, 6.45) is 0. The zero-order chi connectivity index (χ0) is 11.6. The van der Waals surface area contributed by atoms with Gasteiger partial charge in [0.25, 0.3) is 0 Å². The van der Waals surface area contributed by atoms with E-state index >= 15 is 0 Å². The van der Waals surface area contributed by atoms with Crippen LogP contribution in [0.2, 0.25) is 0 Å². The molecule has 0 aliphatic carbocycles. The first-order valence-corrected chi connectivity index (χ1v) is 3.63. The molecule has 0 spiro atoms. The highest BCUT2D eigenvalue weighted by atomic mass is 16.5. The molecular formula is C7H14BNO5. The minimum absolute atomic E-state index is 0.0764. The Morgan fingerprint density at radius 1 is 0.929 bits per heavy atom. The number of phenolic OH excluding ortho intramolecular Hbond substituents is 2. The highest BCUT2D eigenvalue weighted by Gasteiger charge is 1.92. The van der Waals surface area contributed by atoms with E-state index in [2.05, 4.69) is 5.73 Å². The van der Waals surface area contributed by atoms with E-state index in [-0.39, 0.29) is 11.5 Å². The Labute approximate surface area is 82.0 Å². The smallest absolute Gasteiger partial charge is 0.504 e. The summed E-state index contributed by atoms with van der Waals surface area (Å²) in [6.45, 7) is 0. The molecule has 6 nitrogen and oxygen atoms in total. The lowest BCUT2D eigenvalue weighted by Crippen LogP contribution is -2.07. The van der Waals surface area contributed by atoms with Crippen LogP contribution in [0.4, 0.5) is 0 Å². The van der Waals surface area contributed by atoms with Crippen molar-refractivity contribution in [1.82, 2.24) is 0 Å². The highest BCUT2D eigenvalue weighted by Crippen LogP contribution is 2.21. The van der Waals surface area contributed by atoms with Crippen LogP contribution >= 0.6 is 0 Å². The second-order valence-electron chi connectivity index (χ2n) is 1.84. The van der Waals surface area contributed by atoms with Crippen LogP contribution < -0.4 is 5.73 Å². The van der Waals surface area contributed by atoms with E-state index in [4.69, 9.17) is 25.3 Å². The summed E-state index contributed by atoms with van der Waals surface area (Å²) in [5.74, 6) is -0.153. The summed E-state index contributed by atoms with van der Waals surface area (Å²) in [7, 11) is -0.667. The standard InChI is InChI=1S/C6H6O2.CH5N.BH3O3/c7-5-3-1-2-4-6(5)8;1-2;2-1(3)4/h1-4,7-8H;2H2,1H3;2-4H. The molecule has 0 fully saturated rings. The number of nitrogens with two attached hydrogens (primary N) is 1. The van der Waals surface area contributed by atoms with Crippen molar-refractivity contribution in [3.05, 3.63) is 24.3 Å². The lowest BCUT2D eigenvalue weighted by molar-refractivity contribution is 0.278. The summed E-state index contributed by atoms with van der Waals surface area (Å²) in [4.78, 5) is 0. The van der Waals surface area contributed by atoms with Crippen molar-refractivity contribution in [3.8, 4) is 11.5 Å². The third kappa shape index (κ3) is 10.7. The van der Waals surface area contributed by atoms with Gasteiger partial charge in [0.1, 0.15) is 0 Å². The van der Waals surface area contributed by atoms with Crippen LogP contribution in [0, 0.1) is 0 Å². The Morgan fingerprint density at radius 3 is 1.29 bits per heavy atom. The Hall–Kier alpha value is -1.28. The first-order chi connectivity index (χ1) is 6.54. The summed E-state index contributed by atoms with van der Waals surface area (Å²) < 4.78 is 0. The molecule has 0 saturated heterocycles. The molecule has 1 rings (SSSR count). The molecule has 1 aromatic carbocycles. The summed E-state index contributed by atoms with van der Waals surface area (Å²) in [6, 6.07) is 6.15. The highest BCUT2D eigenvalue weighted by molar-refractivity contribution is 6.30. The molecule has 7 heteroatoms. The Morgan fingerprint density at radius 2 is 1.14 bits per heavy atom. The Bertz CT molecular complexity index is 209. The third-order valence-corrected chi connectivity index (χ3v) is 0.882. The lowest BCUT2D eigenvalue weighted by atomic mass is 10.3. The largest absolute Gasteiger partial charge is 0.631 e. The van der Waals surface area contributed by atoms with Crippen molar-refractivity contribution < 1.29 is 25.3 Å². The van der Waals surface area contributed by atoms with Crippen molar-refractivity contribution >= 4 is 7.32 Å². The monoisotopic (exact) mass is 203 g/mol. The maximum atomic E-state index is 8.67. The van der Waals surface area contributed by atoms with Gasteiger partial charge in [-0.3, -0.25) is 0 Å². The minimum Gasteiger partial charge on any atom is -0.504 e. The van der Waals surface area contributed by atoms with Gasteiger partial charge in [-0.25, -0.2) is 0 Å². The van der Waals surface area contributed by atoms with Crippen LogP contribution in [0.1, 0.15) is 0 Å². The Kier molecular flexibility index (Phi) is 10.7. The van der Waals surface area contributed by atoms with Crippen molar-refractivity contribution in [3.63, 3.8) is 0 Å². The maximum Gasteiger partial charge on any atom is 0.631 e. The summed E-state index contributed by atoms with van der Waals surface area (Å²) in [5.41, 5.74) is 4.50. The van der Waals surface area contributed by atoms with E-state index in [0.29, 0.717) is 0 Å². The van der Waals surface area contributed by atoms with Crippen molar-refractivity contribution in [2.24, 2.45) is 5.73 Å². The van der Waals surface area contributed by atoms with Gasteiger partial charge in [-0.05, 0) is 19.2 Å². The van der Waals surface area contributed by atoms with Gasteiger partial charge in [0, 0.05) is 0 Å². The van der Waals surface area contributed by atoms with Crippen LogP contribution in [0.5, 0.6) is 11.5 Å². The summed E-state index contributed by atoms with van der Waals surface area (Å²) >= 11 is 0. The van der Waals surface area contributed by atoms with Crippen molar-refractivity contribution in [1.29, 1.82) is 0 Å². The molecule has 14 heavy (non-hydrogen) atoms. The molecular weight excluding hydrogens is 189 g/mol. The number of phenols is 2. The molecule has 0 aliphatic heterocycles. The van der Waals surface area contributed by atoms with Gasteiger partial charge in [-0.1, -0.05) is 12.1 Å². The van der Waals surface area contributed by atoms with E-state index < -0.39 is 7.32 Å². The van der Waals surface area contributed by atoms with Crippen LogP contribution in [-0.4, -0.2) is 39.7 Å². The SMILES string of the molecule is CN.OB(O)O.Oc1ccccc1O. The third-order valence-electron chi connectivity index (χ3n) is 0.882. The molecule has 0 saturated carbocycles. The molecule has 0 aliphatic rings. The molecule has 1 aromatic rings. The fraction of sp³-hybridized carbons (Fsp3) is 0.143. The fourth-order valence-electron chi connectivity index (χ4n) is 0.464. The second-order valence-corrected chi connectivity index (χ2v) is 1.84. The first-order valence-electron chi connectivity index (χ1n) is 3.63. The number of para-hydroxylation sites is 2. The molecule has 0 radical (unpaired) electrons. The number of hydrogen-bond acceptors (Lipinski definition) is 6. The number of aromatic hydroxyl groups is 2. The Balaban J connectivity index is 0. The summed E-state index contributed by atoms with van der Waals surface area (Å²) in [5, 5.41) is 38.8. The predicted molar refractivity (Wildman–Crippen MR) is 52.3 cm³/mol. The molecule has 0 aromatic heterocycles. The van der Waals surface area contributed by atoms with Gasteiger partial charge in [0.2, 0.25) is 0 Å². The van der Waals surface area contributed by atoms with E-state index in [0.717, 1.165) is 0 Å². The van der Waals surface area contributed by atoms with Gasteiger partial charge < -0.3 is 31.0 Å². The van der Waals surface area contributed by atoms with E-state index in [1.807, 2.05) is 0 Å². The molecule has 0 atom stereocenters. The maximum absolute atomic E-state index is 8.67. The topological polar surface area (TPSA) is 127 Å². The number of hydrogen-bond donors (Lipinski definition) is 6. The molecule has 0 heterocycles. The van der Waals surface area contributed by atoms with E-state index in [1.54, 1.807) is 12.1 Å². The van der Waals surface area contributed by atoms with Crippen molar-refractivity contribution in [2.45, 2.75) is 0 Å². The van der Waals surface area contributed by atoms with Crippen molar-refractivity contribution in [2.75, 3.05) is 7.05 Å². The van der Waals surface area contributed by atoms with Crippen LogP contribution in [0.15, 0.2) is 24.3 Å². The van der Waals surface area contributed by atoms with Crippen LogP contribution in [-0.2, 0) is 0 Å². The number of benzene rings is 1. The number of rotatable bonds is 0. The van der Waals surface area contributed by atoms with Gasteiger partial charge in [0.15, 0.2) is 11.5 Å². The zero-order valence-corrected chi connectivity index (χ0v) is 7.70. The minimum atomic E-state index is -2.17. The van der Waals surface area contributed by atoms with Gasteiger partial charge >= 0.3 is 7.32 Å². The normalized spacial score (nSPS) is 7.50. The molecule has 0 amide bonds. The zero-order valence-electron chi connectivity index (χ0n) is 7.70.